The summed E-state index contributed by atoms with van der Waals surface area (Å²) in [6.45, 7) is 3.35. The van der Waals surface area contributed by atoms with Gasteiger partial charge in [-0.15, -0.1) is 0 Å². The quantitative estimate of drug-likeness (QED) is 0.716. The lowest BCUT2D eigenvalue weighted by molar-refractivity contribution is 0.0843. The molecular formula is C10H14N2O2S. The van der Waals surface area contributed by atoms with E-state index in [1.807, 2.05) is 6.92 Å². The lowest BCUT2D eigenvalue weighted by atomic mass is 9.94. The molecule has 82 valence electrons. The maximum Gasteiger partial charge on any atom is 0.254 e. The van der Waals surface area contributed by atoms with E-state index in [2.05, 4.69) is 9.97 Å². The lowest BCUT2D eigenvalue weighted by Crippen LogP contribution is -2.21. The van der Waals surface area contributed by atoms with Crippen molar-refractivity contribution in [2.45, 2.75) is 25.7 Å². The van der Waals surface area contributed by atoms with Gasteiger partial charge in [0.05, 0.1) is 0 Å². The maximum atomic E-state index is 11.5. The van der Waals surface area contributed by atoms with Crippen molar-refractivity contribution in [1.29, 1.82) is 0 Å². The second-order valence-electron chi connectivity index (χ2n) is 3.83. The molecule has 1 aliphatic rings. The van der Waals surface area contributed by atoms with Crippen molar-refractivity contribution in [2.75, 3.05) is 13.2 Å². The Morgan fingerprint density at radius 1 is 1.33 bits per heavy atom. The zero-order valence-corrected chi connectivity index (χ0v) is 9.45. The van der Waals surface area contributed by atoms with Crippen molar-refractivity contribution in [2.24, 2.45) is 0 Å². The van der Waals surface area contributed by atoms with Gasteiger partial charge < -0.3 is 9.72 Å². The third kappa shape index (κ3) is 2.18. The Labute approximate surface area is 92.7 Å². The highest BCUT2D eigenvalue weighted by molar-refractivity contribution is 7.71. The number of H-pyrrole nitrogens is 2. The van der Waals surface area contributed by atoms with E-state index in [4.69, 9.17) is 17.0 Å². The summed E-state index contributed by atoms with van der Waals surface area (Å²) in [5, 5.41) is 0. The standard InChI is InChI=1S/C10H14N2O2S/c1-6-8(7-2-4-14-5-3-7)11-10(15)12-9(6)13/h7H,2-5H2,1H3,(H2,11,12,13,15). The molecule has 0 aromatic carbocycles. The van der Waals surface area contributed by atoms with Gasteiger partial charge >= 0.3 is 0 Å². The van der Waals surface area contributed by atoms with Gasteiger partial charge in [-0.25, -0.2) is 0 Å². The van der Waals surface area contributed by atoms with E-state index in [-0.39, 0.29) is 5.56 Å². The third-order valence-electron chi connectivity index (χ3n) is 2.85. The van der Waals surface area contributed by atoms with Crippen LogP contribution >= 0.6 is 12.2 Å². The predicted octanol–water partition coefficient (Wildman–Crippen LogP) is 1.63. The van der Waals surface area contributed by atoms with Crippen molar-refractivity contribution in [3.05, 3.63) is 26.4 Å². The van der Waals surface area contributed by atoms with Gasteiger partial charge in [0, 0.05) is 30.4 Å². The summed E-state index contributed by atoms with van der Waals surface area (Å²) in [5.74, 6) is 0.378. The van der Waals surface area contributed by atoms with E-state index in [0.717, 1.165) is 37.3 Å². The summed E-state index contributed by atoms with van der Waals surface area (Å²) in [6, 6.07) is 0. The first kappa shape index (κ1) is 10.6. The molecule has 0 amide bonds. The van der Waals surface area contributed by atoms with E-state index in [1.165, 1.54) is 0 Å². The van der Waals surface area contributed by atoms with Crippen LogP contribution in [0.25, 0.3) is 0 Å². The Balaban J connectivity index is 2.42. The predicted molar refractivity (Wildman–Crippen MR) is 59.8 cm³/mol. The van der Waals surface area contributed by atoms with Crippen molar-refractivity contribution in [3.8, 4) is 0 Å². The van der Waals surface area contributed by atoms with Crippen LogP contribution in [0.3, 0.4) is 0 Å². The van der Waals surface area contributed by atoms with Crippen LogP contribution in [0.2, 0.25) is 0 Å². The third-order valence-corrected chi connectivity index (χ3v) is 3.05. The topological polar surface area (TPSA) is 57.9 Å². The molecule has 15 heavy (non-hydrogen) atoms. The Bertz CT molecular complexity index is 457. The molecule has 0 radical (unpaired) electrons. The van der Waals surface area contributed by atoms with Gasteiger partial charge in [0.15, 0.2) is 4.77 Å². The van der Waals surface area contributed by atoms with Gasteiger partial charge in [0.2, 0.25) is 0 Å². The smallest absolute Gasteiger partial charge is 0.254 e. The number of hydrogen-bond donors (Lipinski definition) is 2. The molecule has 0 spiro atoms. The van der Waals surface area contributed by atoms with Crippen LogP contribution in [0.4, 0.5) is 0 Å². The molecule has 0 saturated carbocycles. The lowest BCUT2D eigenvalue weighted by Gasteiger charge is -2.23. The molecule has 0 aliphatic carbocycles. The number of ether oxygens (including phenoxy) is 1. The van der Waals surface area contributed by atoms with E-state index in [9.17, 15) is 4.79 Å². The van der Waals surface area contributed by atoms with Gasteiger partial charge in [0.1, 0.15) is 0 Å². The van der Waals surface area contributed by atoms with Crippen LogP contribution in [-0.2, 0) is 4.74 Å². The first-order valence-electron chi connectivity index (χ1n) is 5.09. The Morgan fingerprint density at radius 2 is 2.00 bits per heavy atom. The van der Waals surface area contributed by atoms with Crippen LogP contribution in [-0.4, -0.2) is 23.2 Å². The molecular weight excluding hydrogens is 212 g/mol. The summed E-state index contributed by atoms with van der Waals surface area (Å²) < 4.78 is 5.71. The average Bonchev–Trinajstić information content (AvgIpc) is 2.24. The molecule has 1 fully saturated rings. The molecule has 0 unspecified atom stereocenters. The van der Waals surface area contributed by atoms with E-state index < -0.39 is 0 Å². The average molecular weight is 226 g/mol. The van der Waals surface area contributed by atoms with Crippen molar-refractivity contribution < 1.29 is 4.74 Å². The number of rotatable bonds is 1. The monoisotopic (exact) mass is 226 g/mol. The van der Waals surface area contributed by atoms with Crippen molar-refractivity contribution >= 4 is 12.2 Å². The van der Waals surface area contributed by atoms with Gasteiger partial charge in [-0.05, 0) is 32.0 Å². The summed E-state index contributed by atoms with van der Waals surface area (Å²) in [5.41, 5.74) is 1.64. The van der Waals surface area contributed by atoms with Gasteiger partial charge in [0.25, 0.3) is 5.56 Å². The Kier molecular flexibility index (Phi) is 3.02. The van der Waals surface area contributed by atoms with Crippen molar-refractivity contribution in [1.82, 2.24) is 9.97 Å². The molecule has 1 aliphatic heterocycles. The fourth-order valence-corrected chi connectivity index (χ4v) is 2.16. The van der Waals surface area contributed by atoms with Crippen molar-refractivity contribution in [3.63, 3.8) is 0 Å². The fourth-order valence-electron chi connectivity index (χ4n) is 1.96. The molecule has 4 nitrogen and oxygen atoms in total. The van der Waals surface area contributed by atoms with Crippen LogP contribution in [0.5, 0.6) is 0 Å². The van der Waals surface area contributed by atoms with Crippen LogP contribution < -0.4 is 5.56 Å². The Morgan fingerprint density at radius 3 is 2.67 bits per heavy atom. The normalized spacial score (nSPS) is 17.9. The van der Waals surface area contributed by atoms with Crippen LogP contribution in [0, 0.1) is 11.7 Å². The molecule has 1 aromatic rings. The minimum atomic E-state index is -0.0831. The summed E-state index contributed by atoms with van der Waals surface area (Å²) in [7, 11) is 0. The first-order chi connectivity index (χ1) is 7.18. The largest absolute Gasteiger partial charge is 0.381 e. The summed E-state index contributed by atoms with van der Waals surface area (Å²) in [6.07, 6.45) is 1.91. The maximum absolute atomic E-state index is 11.5. The van der Waals surface area contributed by atoms with Crippen LogP contribution in [0.1, 0.15) is 30.0 Å². The Hall–Kier alpha value is -0.940. The molecule has 1 saturated heterocycles. The summed E-state index contributed by atoms with van der Waals surface area (Å²) in [4.78, 5) is 17.2. The second-order valence-corrected chi connectivity index (χ2v) is 4.24. The fraction of sp³-hybridized carbons (Fsp3) is 0.600. The number of aromatic amines is 2. The molecule has 0 bridgehead atoms. The molecule has 0 atom stereocenters. The highest BCUT2D eigenvalue weighted by Gasteiger charge is 2.19. The second kappa shape index (κ2) is 4.28. The summed E-state index contributed by atoms with van der Waals surface area (Å²) >= 11 is 4.97. The molecule has 2 N–H and O–H groups in total. The van der Waals surface area contributed by atoms with Gasteiger partial charge in [-0.2, -0.15) is 0 Å². The zero-order valence-electron chi connectivity index (χ0n) is 8.63. The van der Waals surface area contributed by atoms with E-state index >= 15 is 0 Å². The van der Waals surface area contributed by atoms with E-state index in [1.54, 1.807) is 0 Å². The van der Waals surface area contributed by atoms with Gasteiger partial charge in [-0.1, -0.05) is 0 Å². The van der Waals surface area contributed by atoms with Gasteiger partial charge in [-0.3, -0.25) is 9.78 Å². The number of hydrogen-bond acceptors (Lipinski definition) is 3. The van der Waals surface area contributed by atoms with Crippen LogP contribution in [0.15, 0.2) is 4.79 Å². The molecule has 2 rings (SSSR count). The SMILES string of the molecule is Cc1c(C2CCOCC2)[nH]c(=S)[nH]c1=O. The highest BCUT2D eigenvalue weighted by atomic mass is 32.1. The highest BCUT2D eigenvalue weighted by Crippen LogP contribution is 2.25. The zero-order chi connectivity index (χ0) is 10.8. The number of aromatic nitrogens is 2. The molecule has 5 heteroatoms. The number of nitrogens with one attached hydrogen (secondary N) is 2. The molecule has 1 aromatic heterocycles. The minimum Gasteiger partial charge on any atom is -0.381 e. The first-order valence-corrected chi connectivity index (χ1v) is 5.50. The minimum absolute atomic E-state index is 0.0831. The van der Waals surface area contributed by atoms with E-state index in [0.29, 0.717) is 10.7 Å². The molecule has 2 heterocycles.